The molecule has 1 aromatic carbocycles. The van der Waals surface area contributed by atoms with Crippen LogP contribution in [0.15, 0.2) is 36.5 Å². The fourth-order valence-corrected chi connectivity index (χ4v) is 8.08. The van der Waals surface area contributed by atoms with Crippen molar-refractivity contribution in [1.29, 1.82) is 0 Å². The van der Waals surface area contributed by atoms with Crippen LogP contribution >= 0.6 is 0 Å². The average Bonchev–Trinajstić information content (AvgIpc) is 3.15. The van der Waals surface area contributed by atoms with Crippen molar-refractivity contribution in [3.8, 4) is 0 Å². The molecule has 14 nitrogen and oxygen atoms in total. The Morgan fingerprint density at radius 3 is 2.56 bits per heavy atom. The number of aliphatic hydroxyl groups is 3. The van der Waals surface area contributed by atoms with Gasteiger partial charge in [0.05, 0.1) is 42.4 Å². The van der Waals surface area contributed by atoms with Crippen LogP contribution in [0.5, 0.6) is 0 Å². The first kappa shape index (κ1) is 44.6. The number of aryl methyl sites for hydroxylation is 1. The molecular weight excluding hydrogens is 708 g/mol. The van der Waals surface area contributed by atoms with E-state index in [0.717, 1.165) is 30.0 Å². The van der Waals surface area contributed by atoms with E-state index in [1.54, 1.807) is 32.8 Å². The van der Waals surface area contributed by atoms with Crippen molar-refractivity contribution in [2.24, 2.45) is 11.8 Å². The fraction of sp³-hybridized carbons (Fsp3) is 0.707. The Morgan fingerprint density at radius 1 is 1.13 bits per heavy atom. The van der Waals surface area contributed by atoms with E-state index < -0.39 is 66.9 Å². The van der Waals surface area contributed by atoms with Crippen LogP contribution in [0, 0.1) is 11.8 Å². The Labute approximate surface area is 325 Å². The second-order valence-corrected chi connectivity index (χ2v) is 15.7. The van der Waals surface area contributed by atoms with Crippen molar-refractivity contribution in [2.45, 2.75) is 133 Å². The number of carbonyl (C=O) groups excluding carboxylic acids is 3. The quantitative estimate of drug-likeness (QED) is 0.183. The summed E-state index contributed by atoms with van der Waals surface area (Å²) < 4.78 is 24.6. The maximum atomic E-state index is 14.0. The van der Waals surface area contributed by atoms with Gasteiger partial charge in [-0.25, -0.2) is 0 Å². The summed E-state index contributed by atoms with van der Waals surface area (Å²) in [6.07, 6.45) is -2.79. The molecule has 12 atom stereocenters. The molecule has 2 fully saturated rings. The maximum absolute atomic E-state index is 14.0. The lowest BCUT2D eigenvalue weighted by atomic mass is 9.82. The minimum atomic E-state index is -1.31. The maximum Gasteiger partial charge on any atom is 0.305 e. The molecule has 0 bridgehead atoms. The first-order valence-electron chi connectivity index (χ1n) is 19.8. The highest BCUT2D eigenvalue weighted by Crippen LogP contribution is 2.34. The summed E-state index contributed by atoms with van der Waals surface area (Å²) in [4.78, 5) is 47.4. The highest BCUT2D eigenvalue weighted by Gasteiger charge is 2.48. The number of para-hydroxylation sites is 1. The molecule has 2 aliphatic rings. The first-order chi connectivity index (χ1) is 26.3. The fourth-order valence-electron chi connectivity index (χ4n) is 8.08. The van der Waals surface area contributed by atoms with Gasteiger partial charge in [0.15, 0.2) is 6.29 Å². The molecule has 4 N–H and O–H groups in total. The van der Waals surface area contributed by atoms with Crippen LogP contribution < -0.4 is 5.32 Å². The molecule has 4 unspecified atom stereocenters. The van der Waals surface area contributed by atoms with Crippen molar-refractivity contribution in [3.05, 3.63) is 42.1 Å². The average molecular weight is 773 g/mol. The molecule has 0 spiro atoms. The molecule has 55 heavy (non-hydrogen) atoms. The summed E-state index contributed by atoms with van der Waals surface area (Å²) in [5.74, 6) is -1.81. The number of fused-ring (bicyclic) bond motifs is 1. The number of pyridine rings is 1. The van der Waals surface area contributed by atoms with E-state index in [9.17, 15) is 29.7 Å². The van der Waals surface area contributed by atoms with Crippen LogP contribution in [0.4, 0.5) is 0 Å². The van der Waals surface area contributed by atoms with Gasteiger partial charge in [-0.1, -0.05) is 32.0 Å². The molecule has 0 aliphatic carbocycles. The molecule has 2 aromatic rings. The van der Waals surface area contributed by atoms with Crippen LogP contribution in [0.1, 0.15) is 71.3 Å². The van der Waals surface area contributed by atoms with Gasteiger partial charge >= 0.3 is 5.97 Å². The number of esters is 1. The van der Waals surface area contributed by atoms with Gasteiger partial charge in [-0.2, -0.15) is 0 Å². The minimum Gasteiger partial charge on any atom is -0.459 e. The summed E-state index contributed by atoms with van der Waals surface area (Å²) >= 11 is 0. The van der Waals surface area contributed by atoms with E-state index in [2.05, 4.69) is 16.4 Å². The van der Waals surface area contributed by atoms with Gasteiger partial charge in [-0.05, 0) is 96.2 Å². The number of ether oxygens (including phenoxy) is 4. The smallest absolute Gasteiger partial charge is 0.305 e. The molecular formula is C41H64N4O10. The zero-order valence-corrected chi connectivity index (χ0v) is 33.6. The molecule has 1 amide bonds. The monoisotopic (exact) mass is 772 g/mol. The zero-order chi connectivity index (χ0) is 40.2. The molecule has 308 valence electrons. The standard InChI is InChI=1S/C41H64N4O10/c1-8-35(49)54-33-23-34(48)43-29(13-11-12-27-16-19-42-31-15-10-9-14-30(27)31)17-20-45(6)24-32(47)25(2)22-28(18-21-46)39(40(33)52-7)55-41-38(51)36(44(4)5)37(50)26(3)53-41/h9-10,14-16,19,21,25-26,28-29,32-33,36-41,47,50-51H,8,11-13,17-18,20,22-24H2,1-7H3,(H,43,48)/t25-,26?,28+,29?,32+,33-,36?,37+,38?,39+,40+,41+/m1/s1. The number of β-amino-alcohol motifs (C(OH)–C–C–N with tert-alkyl or cyclic N) is 1. The van der Waals surface area contributed by atoms with Crippen LogP contribution in [0.25, 0.3) is 10.9 Å². The normalized spacial score (nSPS) is 33.4. The molecule has 14 heteroatoms. The summed E-state index contributed by atoms with van der Waals surface area (Å²) in [5, 5.41) is 38.1. The Morgan fingerprint density at radius 2 is 1.87 bits per heavy atom. The van der Waals surface area contributed by atoms with Gasteiger partial charge in [0, 0.05) is 44.1 Å². The number of benzene rings is 1. The second-order valence-electron chi connectivity index (χ2n) is 15.7. The zero-order valence-electron chi connectivity index (χ0n) is 33.6. The molecule has 2 aliphatic heterocycles. The Kier molecular flexibility index (Phi) is 17.4. The molecule has 2 saturated heterocycles. The van der Waals surface area contributed by atoms with E-state index in [1.165, 1.54) is 12.7 Å². The number of amides is 1. The third-order valence-corrected chi connectivity index (χ3v) is 11.3. The Balaban J connectivity index is 1.67. The predicted molar refractivity (Wildman–Crippen MR) is 207 cm³/mol. The largest absolute Gasteiger partial charge is 0.459 e. The second kappa shape index (κ2) is 21.4. The van der Waals surface area contributed by atoms with E-state index in [0.29, 0.717) is 32.4 Å². The number of hydrogen-bond donors (Lipinski definition) is 4. The lowest BCUT2D eigenvalue weighted by Crippen LogP contribution is -2.63. The van der Waals surface area contributed by atoms with Crippen molar-refractivity contribution in [2.75, 3.05) is 41.3 Å². The third-order valence-electron chi connectivity index (χ3n) is 11.3. The number of aldehydes is 1. The highest BCUT2D eigenvalue weighted by molar-refractivity contribution is 5.81. The molecule has 1 aromatic heterocycles. The van der Waals surface area contributed by atoms with Crippen LogP contribution in [0.2, 0.25) is 0 Å². The number of rotatable bonds is 12. The molecule has 0 radical (unpaired) electrons. The summed E-state index contributed by atoms with van der Waals surface area (Å²) in [7, 11) is 6.82. The molecule has 0 saturated carbocycles. The van der Waals surface area contributed by atoms with Crippen molar-refractivity contribution >= 4 is 29.1 Å². The van der Waals surface area contributed by atoms with Gasteiger partial charge in [0.1, 0.15) is 24.6 Å². The number of hydrogen-bond acceptors (Lipinski definition) is 13. The lowest BCUT2D eigenvalue weighted by molar-refractivity contribution is -0.309. The first-order valence-corrected chi connectivity index (χ1v) is 19.8. The minimum absolute atomic E-state index is 0.00892. The summed E-state index contributed by atoms with van der Waals surface area (Å²) in [5.41, 5.74) is 2.12. The van der Waals surface area contributed by atoms with E-state index in [-0.39, 0.29) is 37.1 Å². The SMILES string of the molecule is CCC(=O)O[C@@H]1CC(=O)NC(CCCc2ccnc3ccccc23)CCN(C)C[C@H](O)[C@H](C)C[C@H](CC=O)[C@H](O[C@@H]2OC(C)[C@H](O)C(N(C)C)C2O)[C@H]1OC. The van der Waals surface area contributed by atoms with Gasteiger partial charge < -0.3 is 54.2 Å². The number of carbonyl (C=O) groups is 3. The van der Waals surface area contributed by atoms with Crippen molar-refractivity contribution in [3.63, 3.8) is 0 Å². The Bertz CT molecular complexity index is 1510. The van der Waals surface area contributed by atoms with Crippen molar-refractivity contribution < 1.29 is 48.7 Å². The number of nitrogens with zero attached hydrogens (tertiary/aromatic N) is 3. The van der Waals surface area contributed by atoms with E-state index >= 15 is 0 Å². The van der Waals surface area contributed by atoms with Crippen LogP contribution in [-0.2, 0) is 39.8 Å². The Hall–Kier alpha value is -3.08. The van der Waals surface area contributed by atoms with Crippen LogP contribution in [-0.4, -0.2) is 151 Å². The van der Waals surface area contributed by atoms with Crippen LogP contribution in [0.3, 0.4) is 0 Å². The summed E-state index contributed by atoms with van der Waals surface area (Å²) in [6, 6.07) is 9.09. The van der Waals surface area contributed by atoms with Crippen molar-refractivity contribution in [1.82, 2.24) is 20.1 Å². The topological polar surface area (TPSA) is 180 Å². The van der Waals surface area contributed by atoms with Gasteiger partial charge in [0.2, 0.25) is 5.91 Å². The molecule has 4 rings (SSSR count). The number of likely N-dealkylation sites (N-methyl/N-ethyl adjacent to an activating group) is 2. The highest BCUT2D eigenvalue weighted by atomic mass is 16.7. The number of aliphatic hydroxyl groups excluding tert-OH is 3. The van der Waals surface area contributed by atoms with Gasteiger partial charge in [-0.3, -0.25) is 14.6 Å². The lowest BCUT2D eigenvalue weighted by Gasteiger charge is -2.47. The number of nitrogens with one attached hydrogen (secondary N) is 1. The predicted octanol–water partition coefficient (Wildman–Crippen LogP) is 2.48. The summed E-state index contributed by atoms with van der Waals surface area (Å²) in [6.45, 7) is 6.21. The van der Waals surface area contributed by atoms with Gasteiger partial charge in [-0.15, -0.1) is 0 Å². The van der Waals surface area contributed by atoms with E-state index in [1.807, 2.05) is 49.3 Å². The number of aromatic nitrogens is 1. The third kappa shape index (κ3) is 12.2. The number of methoxy groups -OCH3 is 1. The molecule has 3 heterocycles. The van der Waals surface area contributed by atoms with Gasteiger partial charge in [0.25, 0.3) is 0 Å². The van der Waals surface area contributed by atoms with E-state index in [4.69, 9.17) is 18.9 Å².